The second-order valence-electron chi connectivity index (χ2n) is 8.84. The number of nitrogens with zero attached hydrogens (tertiary/aromatic N) is 2. The van der Waals surface area contributed by atoms with Crippen molar-refractivity contribution < 1.29 is 18.0 Å². The molecule has 0 bridgehead atoms. The third-order valence-corrected chi connectivity index (χ3v) is 8.63. The molecular formula is C28H31Cl2N3O4S. The molecule has 7 nitrogen and oxygen atoms in total. The average Bonchev–Trinajstić information content (AvgIpc) is 2.91. The van der Waals surface area contributed by atoms with E-state index in [4.69, 9.17) is 23.2 Å². The Balaban J connectivity index is 2.04. The van der Waals surface area contributed by atoms with Crippen LogP contribution < -0.4 is 9.62 Å². The predicted octanol–water partition coefficient (Wildman–Crippen LogP) is 5.44. The zero-order valence-electron chi connectivity index (χ0n) is 21.5. The lowest BCUT2D eigenvalue weighted by molar-refractivity contribution is -0.139. The van der Waals surface area contributed by atoms with Gasteiger partial charge in [0.2, 0.25) is 11.8 Å². The quantitative estimate of drug-likeness (QED) is 0.330. The Morgan fingerprint density at radius 2 is 1.61 bits per heavy atom. The zero-order valence-corrected chi connectivity index (χ0v) is 23.9. The van der Waals surface area contributed by atoms with Crippen molar-refractivity contribution in [2.24, 2.45) is 0 Å². The number of nitrogens with one attached hydrogen (secondary N) is 1. The van der Waals surface area contributed by atoms with Gasteiger partial charge in [0.25, 0.3) is 10.0 Å². The van der Waals surface area contributed by atoms with Crippen molar-refractivity contribution in [1.82, 2.24) is 10.2 Å². The fourth-order valence-corrected chi connectivity index (χ4v) is 5.57. The monoisotopic (exact) mass is 575 g/mol. The fourth-order valence-electron chi connectivity index (χ4n) is 3.77. The summed E-state index contributed by atoms with van der Waals surface area (Å²) in [5, 5.41) is 3.61. The van der Waals surface area contributed by atoms with Crippen LogP contribution in [0.3, 0.4) is 0 Å². The first-order chi connectivity index (χ1) is 18.1. The SMILES string of the molecule is CCCNC(=O)C(C)N(Cc1ccccc1Cl)C(=O)CN(c1ccc(C)c(Cl)c1)S(=O)(=O)c1ccccc1. The molecule has 3 aromatic rings. The normalized spacial score (nSPS) is 12.0. The Bertz CT molecular complexity index is 1380. The zero-order chi connectivity index (χ0) is 27.9. The third-order valence-electron chi connectivity index (χ3n) is 6.07. The van der Waals surface area contributed by atoms with E-state index in [2.05, 4.69) is 5.32 Å². The first-order valence-electron chi connectivity index (χ1n) is 12.2. The molecule has 3 aromatic carbocycles. The first kappa shape index (κ1) is 29.5. The molecule has 0 fully saturated rings. The molecule has 0 radical (unpaired) electrons. The topological polar surface area (TPSA) is 86.8 Å². The van der Waals surface area contributed by atoms with Crippen molar-refractivity contribution >= 4 is 50.7 Å². The summed E-state index contributed by atoms with van der Waals surface area (Å²) in [4.78, 5) is 28.1. The fraction of sp³-hybridized carbons (Fsp3) is 0.286. The predicted molar refractivity (Wildman–Crippen MR) is 152 cm³/mol. The third kappa shape index (κ3) is 7.07. The highest BCUT2D eigenvalue weighted by Crippen LogP contribution is 2.29. The lowest BCUT2D eigenvalue weighted by atomic mass is 10.1. The van der Waals surface area contributed by atoms with Gasteiger partial charge in [-0.1, -0.05) is 72.6 Å². The molecule has 2 amide bonds. The molecule has 38 heavy (non-hydrogen) atoms. The van der Waals surface area contributed by atoms with Crippen molar-refractivity contribution in [3.8, 4) is 0 Å². The van der Waals surface area contributed by atoms with Crippen LogP contribution in [0.5, 0.6) is 0 Å². The van der Waals surface area contributed by atoms with E-state index >= 15 is 0 Å². The molecular weight excluding hydrogens is 545 g/mol. The molecule has 3 rings (SSSR count). The molecule has 0 aliphatic rings. The summed E-state index contributed by atoms with van der Waals surface area (Å²) >= 11 is 12.7. The number of carbonyl (C=O) groups is 2. The van der Waals surface area contributed by atoms with E-state index in [0.717, 1.165) is 16.3 Å². The largest absolute Gasteiger partial charge is 0.354 e. The molecule has 10 heteroatoms. The lowest BCUT2D eigenvalue weighted by Crippen LogP contribution is -2.51. The van der Waals surface area contributed by atoms with Gasteiger partial charge in [-0.2, -0.15) is 0 Å². The van der Waals surface area contributed by atoms with Crippen LogP contribution in [0.25, 0.3) is 0 Å². The van der Waals surface area contributed by atoms with E-state index in [1.165, 1.54) is 23.1 Å². The van der Waals surface area contributed by atoms with Gasteiger partial charge in [0.05, 0.1) is 10.6 Å². The number of carbonyl (C=O) groups excluding carboxylic acids is 2. The minimum Gasteiger partial charge on any atom is -0.354 e. The smallest absolute Gasteiger partial charge is 0.264 e. The minimum atomic E-state index is -4.15. The highest BCUT2D eigenvalue weighted by Gasteiger charge is 2.32. The summed E-state index contributed by atoms with van der Waals surface area (Å²) in [5.74, 6) is -0.914. The Hall–Kier alpha value is -3.07. The van der Waals surface area contributed by atoms with Crippen LogP contribution in [0.15, 0.2) is 77.7 Å². The second kappa shape index (κ2) is 13.1. The molecule has 0 spiro atoms. The standard InChI is InChI=1S/C28H31Cl2N3O4S/c1-4-16-31-28(35)21(3)32(18-22-10-8-9-13-25(22)29)27(34)19-33(23-15-14-20(2)26(30)17-23)38(36,37)24-11-6-5-7-12-24/h5-15,17,21H,4,16,18-19H2,1-3H3,(H,31,35). The van der Waals surface area contributed by atoms with Gasteiger partial charge in [-0.3, -0.25) is 13.9 Å². The van der Waals surface area contributed by atoms with Gasteiger partial charge < -0.3 is 10.2 Å². The Kier molecular flexibility index (Phi) is 10.2. The summed E-state index contributed by atoms with van der Waals surface area (Å²) in [6.07, 6.45) is 0.730. The van der Waals surface area contributed by atoms with Crippen molar-refractivity contribution in [3.05, 3.63) is 94.0 Å². The Morgan fingerprint density at radius 3 is 2.24 bits per heavy atom. The summed E-state index contributed by atoms with van der Waals surface area (Å²) in [6, 6.07) is 18.8. The Morgan fingerprint density at radius 1 is 0.947 bits per heavy atom. The van der Waals surface area contributed by atoms with Crippen molar-refractivity contribution in [1.29, 1.82) is 0 Å². The van der Waals surface area contributed by atoms with Crippen LogP contribution in [-0.2, 0) is 26.2 Å². The van der Waals surface area contributed by atoms with Crippen LogP contribution in [0, 0.1) is 6.92 Å². The van der Waals surface area contributed by atoms with Crippen LogP contribution in [0.2, 0.25) is 10.0 Å². The van der Waals surface area contributed by atoms with Crippen molar-refractivity contribution in [2.45, 2.75) is 44.7 Å². The molecule has 0 aliphatic heterocycles. The number of hydrogen-bond donors (Lipinski definition) is 1. The van der Waals surface area contributed by atoms with E-state index in [1.807, 2.05) is 6.92 Å². The van der Waals surface area contributed by atoms with Gasteiger partial charge in [0.15, 0.2) is 0 Å². The number of rotatable bonds is 11. The summed E-state index contributed by atoms with van der Waals surface area (Å²) < 4.78 is 28.5. The minimum absolute atomic E-state index is 0.0209. The van der Waals surface area contributed by atoms with Crippen LogP contribution >= 0.6 is 23.2 Å². The number of benzene rings is 3. The van der Waals surface area contributed by atoms with Gasteiger partial charge in [0, 0.05) is 23.1 Å². The van der Waals surface area contributed by atoms with E-state index in [1.54, 1.807) is 68.4 Å². The Labute approximate surface area is 234 Å². The highest BCUT2D eigenvalue weighted by molar-refractivity contribution is 7.92. The maximum absolute atomic E-state index is 13.9. The molecule has 202 valence electrons. The maximum Gasteiger partial charge on any atom is 0.264 e. The van der Waals surface area contributed by atoms with Gasteiger partial charge >= 0.3 is 0 Å². The average molecular weight is 577 g/mol. The van der Waals surface area contributed by atoms with Crippen molar-refractivity contribution in [2.75, 3.05) is 17.4 Å². The highest BCUT2D eigenvalue weighted by atomic mass is 35.5. The van der Waals surface area contributed by atoms with E-state index in [9.17, 15) is 18.0 Å². The van der Waals surface area contributed by atoms with Crippen LogP contribution in [-0.4, -0.2) is 44.3 Å². The summed E-state index contributed by atoms with van der Waals surface area (Å²) in [7, 11) is -4.15. The lowest BCUT2D eigenvalue weighted by Gasteiger charge is -2.32. The van der Waals surface area contributed by atoms with Crippen LogP contribution in [0.1, 0.15) is 31.4 Å². The molecule has 0 saturated heterocycles. The van der Waals surface area contributed by atoms with Crippen molar-refractivity contribution in [3.63, 3.8) is 0 Å². The molecule has 1 unspecified atom stereocenters. The number of anilines is 1. The van der Waals surface area contributed by atoms with Crippen LogP contribution in [0.4, 0.5) is 5.69 Å². The number of halogens is 2. The maximum atomic E-state index is 13.9. The molecule has 1 N–H and O–H groups in total. The number of aryl methyl sites for hydroxylation is 1. The van der Waals surface area contributed by atoms with E-state index in [-0.39, 0.29) is 23.0 Å². The number of sulfonamides is 1. The number of amides is 2. The second-order valence-corrected chi connectivity index (χ2v) is 11.5. The summed E-state index contributed by atoms with van der Waals surface area (Å²) in [5.41, 5.74) is 1.63. The molecule has 0 heterocycles. The molecule has 1 atom stereocenters. The van der Waals surface area contributed by atoms with Gasteiger partial charge in [0.1, 0.15) is 12.6 Å². The van der Waals surface area contributed by atoms with Gasteiger partial charge in [-0.25, -0.2) is 8.42 Å². The first-order valence-corrected chi connectivity index (χ1v) is 14.4. The van der Waals surface area contributed by atoms with E-state index in [0.29, 0.717) is 22.2 Å². The summed E-state index contributed by atoms with van der Waals surface area (Å²) in [6.45, 7) is 5.26. The van der Waals surface area contributed by atoms with E-state index < -0.39 is 28.5 Å². The number of hydrogen-bond acceptors (Lipinski definition) is 4. The van der Waals surface area contributed by atoms with Gasteiger partial charge in [-0.15, -0.1) is 0 Å². The van der Waals surface area contributed by atoms with Gasteiger partial charge in [-0.05, 0) is 61.7 Å². The molecule has 0 aliphatic carbocycles. The molecule has 0 aromatic heterocycles. The molecule has 0 saturated carbocycles.